The van der Waals surface area contributed by atoms with Crippen molar-refractivity contribution in [2.45, 2.75) is 0 Å². The molecule has 18 heavy (non-hydrogen) atoms. The van der Waals surface area contributed by atoms with Crippen LogP contribution in [0.2, 0.25) is 0 Å². The molecule has 8 nitrogen and oxygen atoms in total. The van der Waals surface area contributed by atoms with Crippen LogP contribution in [0.5, 0.6) is 0 Å². The van der Waals surface area contributed by atoms with Gasteiger partial charge in [0.1, 0.15) is 0 Å². The van der Waals surface area contributed by atoms with E-state index in [2.05, 4.69) is 9.47 Å². The summed E-state index contributed by atoms with van der Waals surface area (Å²) in [6.07, 6.45) is 0. The van der Waals surface area contributed by atoms with Crippen molar-refractivity contribution in [3.8, 4) is 0 Å². The molecule has 98 valence electrons. The molecule has 3 N–H and O–H groups in total. The molecule has 0 aromatic heterocycles. The van der Waals surface area contributed by atoms with Crippen LogP contribution in [0.25, 0.3) is 0 Å². The highest BCUT2D eigenvalue weighted by molar-refractivity contribution is 6.03. The zero-order valence-corrected chi connectivity index (χ0v) is 9.67. The lowest BCUT2D eigenvalue weighted by Crippen LogP contribution is -2.16. The Morgan fingerprint density at radius 3 is 2.17 bits per heavy atom. The Morgan fingerprint density at radius 2 is 1.72 bits per heavy atom. The van der Waals surface area contributed by atoms with Gasteiger partial charge >= 0.3 is 11.9 Å². The lowest BCUT2D eigenvalue weighted by molar-refractivity contribution is 0.0599. The third kappa shape index (κ3) is 2.50. The maximum atomic E-state index is 11.4. The van der Waals surface area contributed by atoms with Crippen LogP contribution in [0, 0.1) is 5.21 Å². The van der Waals surface area contributed by atoms with E-state index in [-0.39, 0.29) is 16.8 Å². The van der Waals surface area contributed by atoms with Gasteiger partial charge in [-0.3, -0.25) is 5.21 Å². The highest BCUT2D eigenvalue weighted by Crippen LogP contribution is 2.27. The van der Waals surface area contributed by atoms with Gasteiger partial charge in [-0.2, -0.15) is 0 Å². The van der Waals surface area contributed by atoms with Crippen LogP contribution in [-0.4, -0.2) is 31.4 Å². The number of hydrogen-bond acceptors (Lipinski definition) is 8. The number of anilines is 2. The van der Waals surface area contributed by atoms with Gasteiger partial charge in [-0.05, 0) is 12.1 Å². The Bertz CT molecular complexity index is 486. The molecule has 1 aromatic carbocycles. The second kappa shape index (κ2) is 5.34. The van der Waals surface area contributed by atoms with Gasteiger partial charge in [0.25, 0.3) is 0 Å². The van der Waals surface area contributed by atoms with Crippen LogP contribution in [0.3, 0.4) is 0 Å². The van der Waals surface area contributed by atoms with Gasteiger partial charge in [0.15, 0.2) is 0 Å². The third-order valence-electron chi connectivity index (χ3n) is 2.18. The number of nitrogens with two attached hydrogens (primary N) is 1. The van der Waals surface area contributed by atoms with Gasteiger partial charge in [-0.25, -0.2) is 9.59 Å². The zero-order valence-electron chi connectivity index (χ0n) is 9.67. The number of carbonyl (C=O) groups is 2. The van der Waals surface area contributed by atoms with E-state index in [0.717, 1.165) is 26.4 Å². The molecule has 0 fully saturated rings. The molecular weight excluding hydrogens is 244 g/mol. The molecule has 0 radical (unpaired) electrons. The Kier molecular flexibility index (Phi) is 4.08. The lowest BCUT2D eigenvalue weighted by atomic mass is 10.1. The highest BCUT2D eigenvalue weighted by Gasteiger charge is 2.19. The van der Waals surface area contributed by atoms with Crippen molar-refractivity contribution in [3.05, 3.63) is 28.5 Å². The molecule has 0 heterocycles. The molecule has 0 aliphatic carbocycles. The summed E-state index contributed by atoms with van der Waals surface area (Å²) in [7, 11) is 2.23. The van der Waals surface area contributed by atoms with Crippen LogP contribution in [0.15, 0.2) is 12.1 Å². The summed E-state index contributed by atoms with van der Waals surface area (Å²) < 4.78 is 8.89. The number of rotatable bonds is 3. The van der Waals surface area contributed by atoms with E-state index >= 15 is 0 Å². The molecule has 1 rings (SSSR count). The number of nitrogen functional groups attached to an aromatic ring is 1. The SMILES string of the molecule is COC(=O)c1cc(C(=O)OC)c(N([O-])O)cc1N. The van der Waals surface area contributed by atoms with E-state index in [1.165, 1.54) is 0 Å². The Hall–Kier alpha value is -2.32. The molecule has 0 unspecified atom stereocenters. The minimum Gasteiger partial charge on any atom is -0.733 e. The van der Waals surface area contributed by atoms with Crippen molar-refractivity contribution in [3.63, 3.8) is 0 Å². The summed E-state index contributed by atoms with van der Waals surface area (Å²) in [5.41, 5.74) is 4.57. The minimum absolute atomic E-state index is 0.108. The number of esters is 2. The lowest BCUT2D eigenvalue weighted by Gasteiger charge is -2.24. The van der Waals surface area contributed by atoms with Crippen LogP contribution >= 0.6 is 0 Å². The molecule has 1 aromatic rings. The summed E-state index contributed by atoms with van der Waals surface area (Å²) in [6, 6.07) is 1.99. The highest BCUT2D eigenvalue weighted by atomic mass is 16.8. The maximum Gasteiger partial charge on any atom is 0.340 e. The number of nitrogens with zero attached hydrogens (tertiary/aromatic N) is 1. The van der Waals surface area contributed by atoms with E-state index < -0.39 is 22.9 Å². The average Bonchev–Trinajstić information content (AvgIpc) is 2.36. The standard InChI is InChI=1S/C10H11N2O6/c1-17-9(13)5-3-6(10(14)18-2)8(12(15)16)4-7(5)11/h3-4,15H,11H2,1-2H3/q-1. The van der Waals surface area contributed by atoms with Crippen molar-refractivity contribution in [2.75, 3.05) is 25.2 Å². The molecular formula is C10H11N2O6-. The molecule has 0 aliphatic rings. The number of carbonyl (C=O) groups excluding carboxylic acids is 2. The summed E-state index contributed by atoms with van der Waals surface area (Å²) >= 11 is 0. The van der Waals surface area contributed by atoms with Crippen molar-refractivity contribution in [1.82, 2.24) is 0 Å². The molecule has 0 spiro atoms. The largest absolute Gasteiger partial charge is 0.733 e. The van der Waals surface area contributed by atoms with Crippen molar-refractivity contribution < 1.29 is 24.3 Å². The van der Waals surface area contributed by atoms with Gasteiger partial charge in [-0.1, -0.05) is 0 Å². The topological polar surface area (TPSA) is 125 Å². The van der Waals surface area contributed by atoms with Gasteiger partial charge in [0.2, 0.25) is 0 Å². The third-order valence-corrected chi connectivity index (χ3v) is 2.18. The smallest absolute Gasteiger partial charge is 0.340 e. The van der Waals surface area contributed by atoms with Crippen molar-refractivity contribution in [2.24, 2.45) is 0 Å². The Balaban J connectivity index is 3.45. The quantitative estimate of drug-likeness (QED) is 0.455. The maximum absolute atomic E-state index is 11.4. The second-order valence-corrected chi connectivity index (χ2v) is 3.21. The van der Waals surface area contributed by atoms with E-state index in [0.29, 0.717) is 0 Å². The first-order chi connectivity index (χ1) is 8.42. The zero-order chi connectivity index (χ0) is 13.9. The van der Waals surface area contributed by atoms with Crippen molar-refractivity contribution in [1.29, 1.82) is 0 Å². The Labute approximate surface area is 102 Å². The average molecular weight is 255 g/mol. The van der Waals surface area contributed by atoms with Gasteiger partial charge in [0, 0.05) is 5.69 Å². The molecule has 0 saturated heterocycles. The summed E-state index contributed by atoms with van der Waals surface area (Å²) in [4.78, 5) is 22.8. The summed E-state index contributed by atoms with van der Waals surface area (Å²) in [5.74, 6) is -1.68. The van der Waals surface area contributed by atoms with Crippen molar-refractivity contribution >= 4 is 23.3 Å². The number of methoxy groups -OCH3 is 2. The number of ether oxygens (including phenoxy) is 2. The monoisotopic (exact) mass is 255 g/mol. The molecule has 8 heteroatoms. The van der Waals surface area contributed by atoms with E-state index in [9.17, 15) is 14.8 Å². The molecule has 0 bridgehead atoms. The first kappa shape index (κ1) is 13.7. The summed E-state index contributed by atoms with van der Waals surface area (Å²) in [5, 5.41) is 19.2. The first-order valence-corrected chi connectivity index (χ1v) is 4.68. The fourth-order valence-electron chi connectivity index (χ4n) is 1.32. The molecule has 0 aliphatic heterocycles. The normalized spacial score (nSPS) is 9.78. The van der Waals surface area contributed by atoms with E-state index in [1.54, 1.807) is 0 Å². The van der Waals surface area contributed by atoms with Gasteiger partial charge in [-0.15, -0.1) is 0 Å². The second-order valence-electron chi connectivity index (χ2n) is 3.21. The number of hydrogen-bond donors (Lipinski definition) is 2. The fourth-order valence-corrected chi connectivity index (χ4v) is 1.32. The van der Waals surface area contributed by atoms with Crippen LogP contribution < -0.4 is 11.0 Å². The number of benzene rings is 1. The van der Waals surface area contributed by atoms with Gasteiger partial charge in [0.05, 0.1) is 31.0 Å². The first-order valence-electron chi connectivity index (χ1n) is 4.68. The summed E-state index contributed by atoms with van der Waals surface area (Å²) in [6.45, 7) is 0. The van der Waals surface area contributed by atoms with Gasteiger partial charge < -0.3 is 25.6 Å². The predicted octanol–water partition coefficient (Wildman–Crippen LogP) is 0.535. The minimum atomic E-state index is -0.898. The Morgan fingerprint density at radius 1 is 1.22 bits per heavy atom. The van der Waals surface area contributed by atoms with Crippen LogP contribution in [0.1, 0.15) is 20.7 Å². The van der Waals surface area contributed by atoms with E-state index in [1.807, 2.05) is 0 Å². The van der Waals surface area contributed by atoms with Crippen LogP contribution in [0.4, 0.5) is 11.4 Å². The van der Waals surface area contributed by atoms with Crippen LogP contribution in [-0.2, 0) is 9.47 Å². The molecule has 0 atom stereocenters. The fraction of sp³-hybridized carbons (Fsp3) is 0.200. The molecule has 0 saturated carbocycles. The predicted molar refractivity (Wildman–Crippen MR) is 61.2 cm³/mol. The van der Waals surface area contributed by atoms with E-state index in [4.69, 9.17) is 10.9 Å². The molecule has 0 amide bonds.